The molecule has 1 fully saturated rings. The third-order valence-electron chi connectivity index (χ3n) is 4.07. The summed E-state index contributed by atoms with van der Waals surface area (Å²) in [6.07, 6.45) is 5.30. The average molecular weight is 265 g/mol. The molecule has 0 amide bonds. The van der Waals surface area contributed by atoms with Crippen LogP contribution in [0.2, 0.25) is 0 Å². The maximum atomic E-state index is 5.44. The van der Waals surface area contributed by atoms with Crippen molar-refractivity contribution in [3.8, 4) is 5.75 Å². The minimum absolute atomic E-state index is 0.388. The first-order valence-corrected chi connectivity index (χ1v) is 7.29. The highest BCUT2D eigenvalue weighted by molar-refractivity contribution is 7.80. The second-order valence-corrected chi connectivity index (χ2v) is 5.71. The lowest BCUT2D eigenvalue weighted by atomic mass is 9.88. The largest absolute Gasteiger partial charge is 0.495 e. The number of hydrogen-bond acceptors (Lipinski definition) is 3. The van der Waals surface area contributed by atoms with Crippen LogP contribution in [0.4, 0.5) is 5.69 Å². The molecular weight excluding hydrogens is 242 g/mol. The lowest BCUT2D eigenvalue weighted by Crippen LogP contribution is -2.35. The molecule has 2 rings (SSSR count). The van der Waals surface area contributed by atoms with Gasteiger partial charge in [-0.15, -0.1) is 0 Å². The summed E-state index contributed by atoms with van der Waals surface area (Å²) < 4.78 is 5.44. The number of hydrogen-bond donors (Lipinski definition) is 1. The fraction of sp³-hybridized carbons (Fsp3) is 0.600. The second-order valence-electron chi connectivity index (χ2n) is 5.39. The number of ether oxygens (including phenoxy) is 1. The zero-order valence-corrected chi connectivity index (χ0v) is 12.2. The van der Waals surface area contributed by atoms with Gasteiger partial charge in [0.05, 0.1) is 12.8 Å². The van der Waals surface area contributed by atoms with E-state index in [9.17, 15) is 0 Å². The molecule has 0 atom stereocenters. The molecule has 0 unspecified atom stereocenters. The van der Waals surface area contributed by atoms with Crippen molar-refractivity contribution in [2.75, 3.05) is 31.4 Å². The molecule has 0 bridgehead atoms. The molecule has 1 saturated carbocycles. The molecule has 0 N–H and O–H groups in total. The maximum Gasteiger partial charge on any atom is 0.142 e. The Morgan fingerprint density at radius 3 is 2.56 bits per heavy atom. The van der Waals surface area contributed by atoms with Crippen molar-refractivity contribution in [2.24, 2.45) is 5.41 Å². The van der Waals surface area contributed by atoms with Gasteiger partial charge in [-0.1, -0.05) is 25.0 Å². The molecule has 3 heteroatoms. The van der Waals surface area contributed by atoms with E-state index in [4.69, 9.17) is 4.74 Å². The molecule has 0 saturated heterocycles. The standard InChI is InChI=1S/C15H23NOS/c1-16(11-15(12-18)9-5-6-10-15)13-7-3-4-8-14(13)17-2/h3-4,7-8,18H,5-6,9-12H2,1-2H3. The van der Waals surface area contributed by atoms with Crippen LogP contribution in [-0.2, 0) is 0 Å². The van der Waals surface area contributed by atoms with E-state index in [1.807, 2.05) is 12.1 Å². The van der Waals surface area contributed by atoms with Crippen molar-refractivity contribution in [1.82, 2.24) is 0 Å². The molecule has 0 spiro atoms. The van der Waals surface area contributed by atoms with Crippen LogP contribution in [0.5, 0.6) is 5.75 Å². The molecule has 0 heterocycles. The third kappa shape index (κ3) is 2.77. The molecule has 2 nitrogen and oxygen atoms in total. The Balaban J connectivity index is 2.13. The zero-order valence-electron chi connectivity index (χ0n) is 11.4. The van der Waals surface area contributed by atoms with Crippen LogP contribution in [0.15, 0.2) is 24.3 Å². The maximum absolute atomic E-state index is 5.44. The summed E-state index contributed by atoms with van der Waals surface area (Å²) in [5, 5.41) is 0. The summed E-state index contributed by atoms with van der Waals surface area (Å²) in [4.78, 5) is 2.32. The Hall–Kier alpha value is -0.830. The predicted molar refractivity (Wildman–Crippen MR) is 81.0 cm³/mol. The highest BCUT2D eigenvalue weighted by Crippen LogP contribution is 2.41. The summed E-state index contributed by atoms with van der Waals surface area (Å²) in [6.45, 7) is 1.07. The molecule has 100 valence electrons. The van der Waals surface area contributed by atoms with Gasteiger partial charge in [0.2, 0.25) is 0 Å². The zero-order chi connectivity index (χ0) is 13.0. The summed E-state index contributed by atoms with van der Waals surface area (Å²) >= 11 is 4.58. The second kappa shape index (κ2) is 5.87. The summed E-state index contributed by atoms with van der Waals surface area (Å²) in [5.74, 6) is 1.93. The van der Waals surface area contributed by atoms with Crippen LogP contribution in [-0.4, -0.2) is 26.5 Å². The topological polar surface area (TPSA) is 12.5 Å². The van der Waals surface area contributed by atoms with Crippen molar-refractivity contribution >= 4 is 18.3 Å². The highest BCUT2D eigenvalue weighted by Gasteiger charge is 2.34. The Morgan fingerprint density at radius 2 is 1.94 bits per heavy atom. The van der Waals surface area contributed by atoms with E-state index in [0.717, 1.165) is 18.0 Å². The van der Waals surface area contributed by atoms with Crippen LogP contribution in [0.1, 0.15) is 25.7 Å². The van der Waals surface area contributed by atoms with Crippen LogP contribution in [0.25, 0.3) is 0 Å². The Bertz CT molecular complexity index is 388. The average Bonchev–Trinajstić information content (AvgIpc) is 2.87. The molecular formula is C15H23NOS. The van der Waals surface area contributed by atoms with Crippen molar-refractivity contribution in [1.29, 1.82) is 0 Å². The smallest absolute Gasteiger partial charge is 0.142 e. The van der Waals surface area contributed by atoms with Gasteiger partial charge in [0, 0.05) is 13.6 Å². The lowest BCUT2D eigenvalue weighted by Gasteiger charge is -2.34. The van der Waals surface area contributed by atoms with E-state index < -0.39 is 0 Å². The fourth-order valence-corrected chi connectivity index (χ4v) is 3.44. The van der Waals surface area contributed by atoms with Crippen LogP contribution in [0.3, 0.4) is 0 Å². The van der Waals surface area contributed by atoms with Crippen LogP contribution < -0.4 is 9.64 Å². The van der Waals surface area contributed by atoms with Crippen LogP contribution in [0, 0.1) is 5.41 Å². The molecule has 0 aromatic heterocycles. The Labute approximate surface area is 116 Å². The molecule has 1 aliphatic carbocycles. The number of anilines is 1. The number of benzene rings is 1. The lowest BCUT2D eigenvalue weighted by molar-refractivity contribution is 0.351. The van der Waals surface area contributed by atoms with Crippen molar-refractivity contribution < 1.29 is 4.74 Å². The van der Waals surface area contributed by atoms with E-state index in [1.54, 1.807) is 7.11 Å². The molecule has 0 radical (unpaired) electrons. The minimum atomic E-state index is 0.388. The first kappa shape index (κ1) is 13.6. The summed E-state index contributed by atoms with van der Waals surface area (Å²) in [5.41, 5.74) is 1.56. The molecule has 1 aliphatic rings. The van der Waals surface area contributed by atoms with Crippen LogP contribution >= 0.6 is 12.6 Å². The van der Waals surface area contributed by atoms with E-state index in [2.05, 4.69) is 36.7 Å². The fourth-order valence-electron chi connectivity index (χ4n) is 3.02. The van der Waals surface area contributed by atoms with E-state index >= 15 is 0 Å². The van der Waals surface area contributed by atoms with Gasteiger partial charge < -0.3 is 9.64 Å². The predicted octanol–water partition coefficient (Wildman–Crippen LogP) is 3.62. The number of methoxy groups -OCH3 is 1. The van der Waals surface area contributed by atoms with E-state index in [1.165, 1.54) is 31.4 Å². The van der Waals surface area contributed by atoms with Crippen molar-refractivity contribution in [3.05, 3.63) is 24.3 Å². The Morgan fingerprint density at radius 1 is 1.28 bits per heavy atom. The normalized spacial score (nSPS) is 17.7. The molecule has 1 aromatic carbocycles. The number of thiol groups is 1. The quantitative estimate of drug-likeness (QED) is 0.816. The van der Waals surface area contributed by atoms with Crippen molar-refractivity contribution in [3.63, 3.8) is 0 Å². The van der Waals surface area contributed by atoms with Gasteiger partial charge in [0.15, 0.2) is 0 Å². The molecule has 0 aliphatic heterocycles. The summed E-state index contributed by atoms with van der Waals surface area (Å²) in [7, 11) is 3.89. The van der Waals surface area contributed by atoms with Gasteiger partial charge in [0.1, 0.15) is 5.75 Å². The SMILES string of the molecule is COc1ccccc1N(C)CC1(CS)CCCC1. The summed E-state index contributed by atoms with van der Waals surface area (Å²) in [6, 6.07) is 8.23. The minimum Gasteiger partial charge on any atom is -0.495 e. The number of nitrogens with zero attached hydrogens (tertiary/aromatic N) is 1. The van der Waals surface area contributed by atoms with Gasteiger partial charge in [-0.3, -0.25) is 0 Å². The van der Waals surface area contributed by atoms with E-state index in [0.29, 0.717) is 5.41 Å². The van der Waals surface area contributed by atoms with Gasteiger partial charge in [-0.2, -0.15) is 12.6 Å². The van der Waals surface area contributed by atoms with E-state index in [-0.39, 0.29) is 0 Å². The molecule has 1 aromatic rings. The monoisotopic (exact) mass is 265 g/mol. The first-order chi connectivity index (χ1) is 8.71. The highest BCUT2D eigenvalue weighted by atomic mass is 32.1. The molecule has 18 heavy (non-hydrogen) atoms. The first-order valence-electron chi connectivity index (χ1n) is 6.66. The van der Waals surface area contributed by atoms with Gasteiger partial charge in [0.25, 0.3) is 0 Å². The van der Waals surface area contributed by atoms with Gasteiger partial charge >= 0.3 is 0 Å². The number of para-hydroxylation sites is 2. The van der Waals surface area contributed by atoms with Crippen molar-refractivity contribution in [2.45, 2.75) is 25.7 Å². The van der Waals surface area contributed by atoms with Gasteiger partial charge in [-0.05, 0) is 36.1 Å². The third-order valence-corrected chi connectivity index (χ3v) is 4.74. The Kier molecular flexibility index (Phi) is 4.44. The number of rotatable bonds is 5. The van der Waals surface area contributed by atoms with Gasteiger partial charge in [-0.25, -0.2) is 0 Å².